The van der Waals surface area contributed by atoms with Gasteiger partial charge >= 0.3 is 0 Å². The first-order valence-corrected chi connectivity index (χ1v) is 7.42. The fourth-order valence-electron chi connectivity index (χ4n) is 1.57. The maximum atomic E-state index is 5.90. The maximum absolute atomic E-state index is 5.90. The highest BCUT2D eigenvalue weighted by atomic mass is 35.5. The molecule has 108 valence electrons. The van der Waals surface area contributed by atoms with Crippen molar-refractivity contribution in [2.24, 2.45) is 4.99 Å². The Morgan fingerprint density at radius 2 is 1.29 bits per heavy atom. The number of rotatable bonds is 4. The Bertz CT molecular complexity index is 656. The summed E-state index contributed by atoms with van der Waals surface area (Å²) in [5.74, 6) is 0. The van der Waals surface area contributed by atoms with Gasteiger partial charge in [-0.2, -0.15) is 0 Å². The van der Waals surface area contributed by atoms with Crippen LogP contribution >= 0.6 is 46.4 Å². The van der Waals surface area contributed by atoms with Gasteiger partial charge in [-0.3, -0.25) is 4.99 Å². The Morgan fingerprint density at radius 3 is 1.86 bits per heavy atom. The summed E-state index contributed by atoms with van der Waals surface area (Å²) in [6.45, 7) is 0. The molecule has 0 heterocycles. The zero-order valence-corrected chi connectivity index (χ0v) is 13.7. The summed E-state index contributed by atoms with van der Waals surface area (Å²) < 4.78 is 0. The van der Waals surface area contributed by atoms with E-state index in [0.29, 0.717) is 25.8 Å². The summed E-state index contributed by atoms with van der Waals surface area (Å²) in [4.78, 5) is 4.22. The normalized spacial score (nSPS) is 11.4. The monoisotopic (exact) mass is 358 g/mol. The molecule has 0 saturated carbocycles. The van der Waals surface area contributed by atoms with E-state index in [9.17, 15) is 0 Å². The topological polar surface area (TPSA) is 24.4 Å². The van der Waals surface area contributed by atoms with Crippen molar-refractivity contribution in [1.82, 2.24) is 0 Å². The van der Waals surface area contributed by atoms with E-state index in [2.05, 4.69) is 10.3 Å². The van der Waals surface area contributed by atoms with Crippen LogP contribution in [-0.2, 0) is 0 Å². The molecule has 6 heteroatoms. The lowest BCUT2D eigenvalue weighted by Crippen LogP contribution is -1.87. The van der Waals surface area contributed by atoms with E-state index < -0.39 is 0 Å². The van der Waals surface area contributed by atoms with Gasteiger partial charge in [-0.1, -0.05) is 46.4 Å². The number of nitrogens with one attached hydrogen (secondary N) is 1. The lowest BCUT2D eigenvalue weighted by molar-refractivity contribution is 1.53. The number of hydrogen-bond acceptors (Lipinski definition) is 2. The summed E-state index contributed by atoms with van der Waals surface area (Å²) >= 11 is 23.6. The molecule has 0 saturated heterocycles. The molecule has 1 N–H and O–H groups in total. The van der Waals surface area contributed by atoms with Gasteiger partial charge in [-0.05, 0) is 42.5 Å². The second kappa shape index (κ2) is 7.71. The van der Waals surface area contributed by atoms with Crippen molar-refractivity contribution in [3.05, 3.63) is 68.8 Å². The lowest BCUT2D eigenvalue weighted by Gasteiger charge is -2.01. The summed E-state index contributed by atoms with van der Waals surface area (Å²) in [5.41, 5.74) is 1.48. The first kappa shape index (κ1) is 16.2. The standard InChI is InChI=1S/C15H10Cl4N2/c16-10-4-11(17)7-14(6-10)20-2-1-3-21-15-8-12(18)5-13(19)9-15/h1-9,20H/b2-1-,21-3?. The number of benzene rings is 2. The smallest absolute Gasteiger partial charge is 0.0659 e. The van der Waals surface area contributed by atoms with Gasteiger partial charge in [-0.15, -0.1) is 0 Å². The van der Waals surface area contributed by atoms with Gasteiger partial charge in [-0.25, -0.2) is 0 Å². The zero-order valence-electron chi connectivity index (χ0n) is 10.7. The Kier molecular flexibility index (Phi) is 5.95. The molecule has 2 rings (SSSR count). The van der Waals surface area contributed by atoms with Crippen molar-refractivity contribution in [2.75, 3.05) is 5.32 Å². The third kappa shape index (κ3) is 5.60. The molecule has 0 bridgehead atoms. The number of anilines is 1. The highest BCUT2D eigenvalue weighted by molar-refractivity contribution is 6.35. The Balaban J connectivity index is 1.97. The third-order valence-electron chi connectivity index (χ3n) is 2.37. The van der Waals surface area contributed by atoms with E-state index in [1.807, 2.05) is 0 Å². The second-order valence-electron chi connectivity index (χ2n) is 4.07. The van der Waals surface area contributed by atoms with Crippen LogP contribution in [0.25, 0.3) is 0 Å². The summed E-state index contributed by atoms with van der Waals surface area (Å²) in [7, 11) is 0. The number of halogens is 4. The van der Waals surface area contributed by atoms with Crippen molar-refractivity contribution >= 4 is 64.0 Å². The molecule has 21 heavy (non-hydrogen) atoms. The molecule has 0 aliphatic rings. The first-order chi connectivity index (χ1) is 10.0. The molecule has 2 aromatic rings. The maximum Gasteiger partial charge on any atom is 0.0659 e. The summed E-state index contributed by atoms with van der Waals surface area (Å²) in [6, 6.07) is 10.3. The van der Waals surface area contributed by atoms with Gasteiger partial charge in [0.25, 0.3) is 0 Å². The number of aliphatic imine (C=N–C) groups is 1. The van der Waals surface area contributed by atoms with Crippen LogP contribution < -0.4 is 5.32 Å². The molecule has 0 aliphatic heterocycles. The highest BCUT2D eigenvalue weighted by Gasteiger charge is 1.96. The average molecular weight is 360 g/mol. The molecule has 0 unspecified atom stereocenters. The van der Waals surface area contributed by atoms with Crippen molar-refractivity contribution in [3.8, 4) is 0 Å². The van der Waals surface area contributed by atoms with Crippen LogP contribution in [0.4, 0.5) is 11.4 Å². The minimum atomic E-state index is 0.547. The number of allylic oxidation sites excluding steroid dienone is 1. The summed E-state index contributed by atoms with van der Waals surface area (Å²) in [5, 5.41) is 5.28. The molecule has 0 aromatic heterocycles. The van der Waals surface area contributed by atoms with Gasteiger partial charge in [0.05, 0.1) is 5.69 Å². The Hall–Kier alpha value is -1.19. The van der Waals surface area contributed by atoms with Crippen LogP contribution in [-0.4, -0.2) is 6.21 Å². The second-order valence-corrected chi connectivity index (χ2v) is 5.81. The van der Waals surface area contributed by atoms with Crippen molar-refractivity contribution < 1.29 is 0 Å². The Labute approximate surface area is 143 Å². The van der Waals surface area contributed by atoms with Crippen LogP contribution in [0.15, 0.2) is 53.7 Å². The molecule has 2 aromatic carbocycles. The van der Waals surface area contributed by atoms with Crippen molar-refractivity contribution in [2.45, 2.75) is 0 Å². The fraction of sp³-hybridized carbons (Fsp3) is 0. The quantitative estimate of drug-likeness (QED) is 0.608. The van der Waals surface area contributed by atoms with Crippen LogP contribution in [0.3, 0.4) is 0 Å². The SMILES string of the molecule is Clc1cc(Cl)cc(N=C/C=C\Nc2cc(Cl)cc(Cl)c2)c1. The summed E-state index contributed by atoms with van der Waals surface area (Å²) in [6.07, 6.45) is 5.09. The van der Waals surface area contributed by atoms with Crippen LogP contribution in [0.1, 0.15) is 0 Å². The average Bonchev–Trinajstić information content (AvgIpc) is 2.36. The molecule has 2 nitrogen and oxygen atoms in total. The van der Waals surface area contributed by atoms with Gasteiger partial charge in [0, 0.05) is 38.2 Å². The third-order valence-corrected chi connectivity index (χ3v) is 3.24. The van der Waals surface area contributed by atoms with Gasteiger partial charge in [0.15, 0.2) is 0 Å². The molecular formula is C15H10Cl4N2. The minimum Gasteiger partial charge on any atom is -0.362 e. The number of nitrogens with zero attached hydrogens (tertiary/aromatic N) is 1. The predicted octanol–water partition coefficient (Wildman–Crippen LogP) is 6.63. The van der Waals surface area contributed by atoms with Crippen LogP contribution in [0, 0.1) is 0 Å². The molecule has 0 atom stereocenters. The van der Waals surface area contributed by atoms with E-state index in [-0.39, 0.29) is 0 Å². The Morgan fingerprint density at radius 1 is 0.762 bits per heavy atom. The molecule has 0 radical (unpaired) electrons. The lowest BCUT2D eigenvalue weighted by atomic mass is 10.3. The molecule has 0 aliphatic carbocycles. The van der Waals surface area contributed by atoms with Gasteiger partial charge < -0.3 is 5.32 Å². The van der Waals surface area contributed by atoms with Crippen molar-refractivity contribution in [1.29, 1.82) is 0 Å². The molecular weight excluding hydrogens is 350 g/mol. The van der Waals surface area contributed by atoms with E-state index >= 15 is 0 Å². The molecule has 0 amide bonds. The van der Waals surface area contributed by atoms with E-state index in [0.717, 1.165) is 5.69 Å². The zero-order chi connectivity index (χ0) is 15.2. The fourth-order valence-corrected chi connectivity index (χ4v) is 2.61. The minimum absolute atomic E-state index is 0.547. The van der Waals surface area contributed by atoms with Crippen LogP contribution in [0.2, 0.25) is 20.1 Å². The predicted molar refractivity (Wildman–Crippen MR) is 93.8 cm³/mol. The van der Waals surface area contributed by atoms with Crippen LogP contribution in [0.5, 0.6) is 0 Å². The largest absolute Gasteiger partial charge is 0.362 e. The highest BCUT2D eigenvalue weighted by Crippen LogP contribution is 2.24. The van der Waals surface area contributed by atoms with Crippen molar-refractivity contribution in [3.63, 3.8) is 0 Å². The molecule has 0 spiro atoms. The number of hydrogen-bond donors (Lipinski definition) is 1. The van der Waals surface area contributed by atoms with Gasteiger partial charge in [0.2, 0.25) is 0 Å². The van der Waals surface area contributed by atoms with E-state index in [1.54, 1.807) is 54.9 Å². The first-order valence-electron chi connectivity index (χ1n) is 5.91. The molecule has 0 fully saturated rings. The van der Waals surface area contributed by atoms with E-state index in [1.165, 1.54) is 0 Å². The van der Waals surface area contributed by atoms with E-state index in [4.69, 9.17) is 46.4 Å². The van der Waals surface area contributed by atoms with Gasteiger partial charge in [0.1, 0.15) is 0 Å².